The van der Waals surface area contributed by atoms with Crippen molar-refractivity contribution in [2.45, 2.75) is 18.9 Å². The lowest BCUT2D eigenvalue weighted by Gasteiger charge is -2.23. The van der Waals surface area contributed by atoms with Crippen molar-refractivity contribution in [2.75, 3.05) is 13.1 Å². The van der Waals surface area contributed by atoms with E-state index in [0.29, 0.717) is 5.88 Å². The van der Waals surface area contributed by atoms with Crippen molar-refractivity contribution in [1.29, 1.82) is 0 Å². The summed E-state index contributed by atoms with van der Waals surface area (Å²) < 4.78 is 5.86. The fourth-order valence-corrected chi connectivity index (χ4v) is 2.06. The Balaban J connectivity index is 1.76. The van der Waals surface area contributed by atoms with Gasteiger partial charge in [-0.05, 0) is 25.9 Å². The van der Waals surface area contributed by atoms with E-state index in [2.05, 4.69) is 25.3 Å². The monoisotopic (exact) mass is 257 g/mol. The van der Waals surface area contributed by atoms with Gasteiger partial charge in [0.1, 0.15) is 12.4 Å². The second-order valence-electron chi connectivity index (χ2n) is 4.44. The van der Waals surface area contributed by atoms with E-state index in [4.69, 9.17) is 4.74 Å². The van der Waals surface area contributed by atoms with Crippen LogP contribution in [-0.4, -0.2) is 39.1 Å². The number of hydrogen-bond donors (Lipinski definition) is 1. The minimum Gasteiger partial charge on any atom is -0.473 e. The van der Waals surface area contributed by atoms with Gasteiger partial charge in [-0.1, -0.05) is 0 Å². The summed E-state index contributed by atoms with van der Waals surface area (Å²) in [5.41, 5.74) is 1.57. The molecule has 2 aromatic heterocycles. The van der Waals surface area contributed by atoms with Gasteiger partial charge >= 0.3 is 0 Å². The van der Waals surface area contributed by atoms with Crippen molar-refractivity contribution in [2.24, 2.45) is 0 Å². The third-order valence-electron chi connectivity index (χ3n) is 3.04. The minimum atomic E-state index is 0.220. The van der Waals surface area contributed by atoms with Crippen LogP contribution in [0.15, 0.2) is 31.1 Å². The highest BCUT2D eigenvalue weighted by atomic mass is 16.5. The molecule has 3 rings (SSSR count). The predicted molar refractivity (Wildman–Crippen MR) is 69.6 cm³/mol. The van der Waals surface area contributed by atoms with Crippen molar-refractivity contribution in [3.8, 4) is 17.1 Å². The molecule has 1 aliphatic rings. The maximum atomic E-state index is 5.86. The highest BCUT2D eigenvalue weighted by Gasteiger charge is 2.15. The maximum Gasteiger partial charge on any atom is 0.233 e. The molecule has 1 N–H and O–H groups in total. The lowest BCUT2D eigenvalue weighted by Crippen LogP contribution is -2.34. The zero-order valence-electron chi connectivity index (χ0n) is 10.5. The summed E-state index contributed by atoms with van der Waals surface area (Å²) >= 11 is 0. The molecule has 0 aliphatic carbocycles. The number of rotatable bonds is 3. The molecule has 1 aliphatic heterocycles. The van der Waals surface area contributed by atoms with Crippen molar-refractivity contribution in [1.82, 2.24) is 25.3 Å². The molecule has 0 aromatic carbocycles. The molecule has 19 heavy (non-hydrogen) atoms. The molecule has 3 heterocycles. The molecule has 98 valence electrons. The van der Waals surface area contributed by atoms with Gasteiger partial charge in [-0.25, -0.2) is 15.0 Å². The summed E-state index contributed by atoms with van der Waals surface area (Å²) in [5.74, 6) is 0.563. The predicted octanol–water partition coefficient (Wildman–Crippen LogP) is 1.06. The lowest BCUT2D eigenvalue weighted by atomic mass is 10.1. The Labute approximate surface area is 111 Å². The van der Waals surface area contributed by atoms with Crippen LogP contribution in [0, 0.1) is 0 Å². The Morgan fingerprint density at radius 2 is 1.79 bits per heavy atom. The Kier molecular flexibility index (Phi) is 3.60. The molecule has 0 spiro atoms. The minimum absolute atomic E-state index is 0.220. The van der Waals surface area contributed by atoms with Crippen molar-refractivity contribution in [3.63, 3.8) is 0 Å². The summed E-state index contributed by atoms with van der Waals surface area (Å²) in [7, 11) is 0. The van der Waals surface area contributed by atoms with Crippen LogP contribution in [-0.2, 0) is 0 Å². The molecule has 2 aromatic rings. The molecule has 0 radical (unpaired) electrons. The number of nitrogens with zero attached hydrogens (tertiary/aromatic N) is 4. The Morgan fingerprint density at radius 1 is 1.00 bits per heavy atom. The molecule has 0 bridgehead atoms. The van der Waals surface area contributed by atoms with E-state index in [1.54, 1.807) is 24.8 Å². The topological polar surface area (TPSA) is 72.8 Å². The van der Waals surface area contributed by atoms with Crippen LogP contribution in [0.5, 0.6) is 5.88 Å². The van der Waals surface area contributed by atoms with Gasteiger partial charge in [0.05, 0.1) is 18.1 Å². The standard InChI is InChI=1S/C13H15N5O/c1-3-14-4-2-11(1)19-13-8-15-7-12(18-13)10-5-16-9-17-6-10/h5-9,11,14H,1-4H2. The zero-order valence-corrected chi connectivity index (χ0v) is 10.5. The number of hydrogen-bond acceptors (Lipinski definition) is 6. The molecule has 6 nitrogen and oxygen atoms in total. The summed E-state index contributed by atoms with van der Waals surface area (Å²) in [6.45, 7) is 1.98. The van der Waals surface area contributed by atoms with Crippen LogP contribution in [0.4, 0.5) is 0 Å². The summed E-state index contributed by atoms with van der Waals surface area (Å²) in [6.07, 6.45) is 10.5. The highest BCUT2D eigenvalue weighted by Crippen LogP contribution is 2.18. The molecule has 0 saturated carbocycles. The number of nitrogens with one attached hydrogen (secondary N) is 1. The largest absolute Gasteiger partial charge is 0.473 e. The maximum absolute atomic E-state index is 5.86. The fraction of sp³-hybridized carbons (Fsp3) is 0.385. The average molecular weight is 257 g/mol. The first kappa shape index (κ1) is 12.0. The number of aromatic nitrogens is 4. The van der Waals surface area contributed by atoms with Gasteiger partial charge in [0.25, 0.3) is 0 Å². The van der Waals surface area contributed by atoms with E-state index in [0.717, 1.165) is 37.2 Å². The van der Waals surface area contributed by atoms with Gasteiger partial charge in [0, 0.05) is 18.0 Å². The van der Waals surface area contributed by atoms with E-state index in [1.165, 1.54) is 6.33 Å². The molecule has 6 heteroatoms. The zero-order chi connectivity index (χ0) is 12.9. The molecule has 0 atom stereocenters. The summed E-state index contributed by atoms with van der Waals surface area (Å²) in [6, 6.07) is 0. The quantitative estimate of drug-likeness (QED) is 0.886. The summed E-state index contributed by atoms with van der Waals surface area (Å²) in [4.78, 5) is 16.6. The van der Waals surface area contributed by atoms with Crippen LogP contribution < -0.4 is 10.1 Å². The average Bonchev–Trinajstić information content (AvgIpc) is 2.49. The summed E-state index contributed by atoms with van der Waals surface area (Å²) in [5, 5.41) is 3.31. The van der Waals surface area contributed by atoms with E-state index in [9.17, 15) is 0 Å². The fourth-order valence-electron chi connectivity index (χ4n) is 2.06. The van der Waals surface area contributed by atoms with Crippen molar-refractivity contribution < 1.29 is 4.74 Å². The third-order valence-corrected chi connectivity index (χ3v) is 3.04. The van der Waals surface area contributed by atoms with Gasteiger partial charge in [0.2, 0.25) is 5.88 Å². The molecular weight excluding hydrogens is 242 g/mol. The van der Waals surface area contributed by atoms with Crippen molar-refractivity contribution in [3.05, 3.63) is 31.1 Å². The smallest absolute Gasteiger partial charge is 0.233 e. The van der Waals surface area contributed by atoms with Gasteiger partial charge in [-0.2, -0.15) is 0 Å². The van der Waals surface area contributed by atoms with Gasteiger partial charge in [-0.15, -0.1) is 0 Å². The lowest BCUT2D eigenvalue weighted by molar-refractivity contribution is 0.155. The van der Waals surface area contributed by atoms with Gasteiger partial charge in [0.15, 0.2) is 0 Å². The van der Waals surface area contributed by atoms with Crippen LogP contribution in [0.25, 0.3) is 11.3 Å². The third kappa shape index (κ3) is 3.03. The van der Waals surface area contributed by atoms with Crippen LogP contribution in [0.1, 0.15) is 12.8 Å². The van der Waals surface area contributed by atoms with Crippen LogP contribution >= 0.6 is 0 Å². The molecular formula is C13H15N5O. The van der Waals surface area contributed by atoms with Gasteiger partial charge < -0.3 is 10.1 Å². The first-order valence-electron chi connectivity index (χ1n) is 6.36. The SMILES string of the molecule is c1ncc(-c2cncc(OC3CCNCC3)n2)cn1. The van der Waals surface area contributed by atoms with E-state index >= 15 is 0 Å². The molecule has 0 amide bonds. The second-order valence-corrected chi connectivity index (χ2v) is 4.44. The van der Waals surface area contributed by atoms with Gasteiger partial charge in [-0.3, -0.25) is 4.98 Å². The Hall–Kier alpha value is -2.08. The highest BCUT2D eigenvalue weighted by molar-refractivity contribution is 5.55. The normalized spacial score (nSPS) is 16.2. The first-order chi connectivity index (χ1) is 9.42. The number of piperidine rings is 1. The van der Waals surface area contributed by atoms with E-state index < -0.39 is 0 Å². The van der Waals surface area contributed by atoms with Crippen molar-refractivity contribution >= 4 is 0 Å². The molecule has 0 unspecified atom stereocenters. The van der Waals surface area contributed by atoms with E-state index in [1.807, 2.05) is 0 Å². The Morgan fingerprint density at radius 3 is 2.58 bits per heavy atom. The first-order valence-corrected chi connectivity index (χ1v) is 6.36. The molecule has 1 saturated heterocycles. The number of ether oxygens (including phenoxy) is 1. The van der Waals surface area contributed by atoms with Crippen LogP contribution in [0.3, 0.4) is 0 Å². The van der Waals surface area contributed by atoms with Crippen LogP contribution in [0.2, 0.25) is 0 Å². The van der Waals surface area contributed by atoms with E-state index in [-0.39, 0.29) is 6.10 Å². The second kappa shape index (κ2) is 5.71. The molecule has 1 fully saturated rings. The Bertz CT molecular complexity index is 528.